The van der Waals surface area contributed by atoms with Crippen molar-refractivity contribution >= 4 is 17.2 Å². The second kappa shape index (κ2) is 6.49. The van der Waals surface area contributed by atoms with Crippen LogP contribution in [0.2, 0.25) is 0 Å². The minimum Gasteiger partial charge on any atom is -0.336 e. The lowest BCUT2D eigenvalue weighted by Gasteiger charge is -2.19. The summed E-state index contributed by atoms with van der Waals surface area (Å²) in [6.07, 6.45) is 6.05. The lowest BCUT2D eigenvalue weighted by atomic mass is 9.87. The molecule has 1 saturated heterocycles. The first-order valence-electron chi connectivity index (χ1n) is 8.39. The van der Waals surface area contributed by atoms with Gasteiger partial charge in [0.15, 0.2) is 0 Å². The molecule has 1 amide bonds. The minimum atomic E-state index is 0.275. The average molecular weight is 307 g/mol. The molecule has 0 radical (unpaired) electrons. The van der Waals surface area contributed by atoms with Crippen molar-refractivity contribution in [3.8, 4) is 0 Å². The number of carbonyl (C=O) groups is 1. The van der Waals surface area contributed by atoms with Gasteiger partial charge >= 0.3 is 0 Å². The molecule has 4 heteroatoms. The summed E-state index contributed by atoms with van der Waals surface area (Å²) in [7, 11) is 2.22. The Morgan fingerprint density at radius 3 is 3.10 bits per heavy atom. The van der Waals surface area contributed by atoms with Crippen molar-refractivity contribution in [1.82, 2.24) is 4.90 Å². The number of nitrogens with zero attached hydrogens (tertiary/aromatic N) is 1. The van der Waals surface area contributed by atoms with Crippen LogP contribution in [0.25, 0.3) is 0 Å². The molecule has 1 aliphatic heterocycles. The second-order valence-corrected chi connectivity index (χ2v) is 7.82. The highest BCUT2D eigenvalue weighted by molar-refractivity contribution is 7.14. The number of carbonyl (C=O) groups excluding carboxylic acids is 1. The van der Waals surface area contributed by atoms with E-state index in [0.717, 1.165) is 36.9 Å². The van der Waals surface area contributed by atoms with Gasteiger partial charge < -0.3 is 9.80 Å². The van der Waals surface area contributed by atoms with Crippen LogP contribution < -0.4 is 4.90 Å². The largest absolute Gasteiger partial charge is 0.336 e. The number of likely N-dealkylation sites (N-methyl/N-ethyl adjacent to an activating group) is 1. The van der Waals surface area contributed by atoms with Crippen molar-refractivity contribution in [2.75, 3.05) is 33.2 Å². The number of hydrogen-bond donors (Lipinski definition) is 1. The Bertz CT molecular complexity index is 511. The molecule has 1 aromatic heterocycles. The third kappa shape index (κ3) is 3.32. The summed E-state index contributed by atoms with van der Waals surface area (Å²) in [6, 6.07) is 2.20. The second-order valence-electron chi connectivity index (χ2n) is 6.68. The Labute approximate surface area is 131 Å². The minimum absolute atomic E-state index is 0.275. The maximum absolute atomic E-state index is 12.8. The molecule has 1 N–H and O–H groups in total. The lowest BCUT2D eigenvalue weighted by Crippen LogP contribution is -3.09. The quantitative estimate of drug-likeness (QED) is 0.882. The van der Waals surface area contributed by atoms with E-state index in [1.807, 2.05) is 0 Å². The van der Waals surface area contributed by atoms with Crippen LogP contribution in [0.3, 0.4) is 0 Å². The van der Waals surface area contributed by atoms with Gasteiger partial charge in [0.25, 0.3) is 5.91 Å². The zero-order valence-electron chi connectivity index (χ0n) is 13.3. The third-order valence-electron chi connectivity index (χ3n) is 5.10. The topological polar surface area (TPSA) is 24.8 Å². The predicted molar refractivity (Wildman–Crippen MR) is 87.3 cm³/mol. The fourth-order valence-corrected chi connectivity index (χ4v) is 4.72. The third-order valence-corrected chi connectivity index (χ3v) is 6.33. The van der Waals surface area contributed by atoms with Gasteiger partial charge in [-0.15, -0.1) is 11.3 Å². The normalized spacial score (nSPS) is 26.3. The highest BCUT2D eigenvalue weighted by Gasteiger charge is 2.25. The van der Waals surface area contributed by atoms with Crippen molar-refractivity contribution in [2.24, 2.45) is 5.92 Å². The van der Waals surface area contributed by atoms with E-state index >= 15 is 0 Å². The van der Waals surface area contributed by atoms with Gasteiger partial charge in [-0.25, -0.2) is 0 Å². The first-order valence-corrected chi connectivity index (χ1v) is 9.21. The fraction of sp³-hybridized carbons (Fsp3) is 0.706. The molecule has 1 unspecified atom stereocenters. The van der Waals surface area contributed by atoms with Gasteiger partial charge in [-0.2, -0.15) is 0 Å². The lowest BCUT2D eigenvalue weighted by molar-refractivity contribution is -0.877. The van der Waals surface area contributed by atoms with Gasteiger partial charge in [0.2, 0.25) is 0 Å². The Hall–Kier alpha value is -0.870. The van der Waals surface area contributed by atoms with E-state index in [0.29, 0.717) is 0 Å². The van der Waals surface area contributed by atoms with Gasteiger partial charge in [0.1, 0.15) is 0 Å². The number of rotatable bonds is 2. The van der Waals surface area contributed by atoms with Crippen molar-refractivity contribution in [2.45, 2.75) is 39.0 Å². The Morgan fingerprint density at radius 2 is 2.29 bits per heavy atom. The zero-order chi connectivity index (χ0) is 14.8. The number of amides is 1. The van der Waals surface area contributed by atoms with E-state index in [-0.39, 0.29) is 5.91 Å². The summed E-state index contributed by atoms with van der Waals surface area (Å²) in [4.78, 5) is 18.8. The van der Waals surface area contributed by atoms with E-state index in [1.165, 1.54) is 42.7 Å². The molecule has 0 aromatic carbocycles. The van der Waals surface area contributed by atoms with Crippen LogP contribution in [0.1, 0.15) is 46.3 Å². The molecular weight excluding hydrogens is 280 g/mol. The molecule has 1 aromatic rings. The summed E-state index contributed by atoms with van der Waals surface area (Å²) >= 11 is 1.76. The van der Waals surface area contributed by atoms with Crippen LogP contribution in [-0.2, 0) is 12.8 Å². The van der Waals surface area contributed by atoms with Gasteiger partial charge in [-0.05, 0) is 36.8 Å². The average Bonchev–Trinajstić information content (AvgIpc) is 2.80. The molecule has 0 saturated carbocycles. The first-order chi connectivity index (χ1) is 10.2. The number of quaternary nitrogens is 1. The van der Waals surface area contributed by atoms with Crippen LogP contribution in [0.5, 0.6) is 0 Å². The smallest absolute Gasteiger partial charge is 0.264 e. The molecule has 2 aliphatic rings. The Balaban J connectivity index is 1.72. The molecule has 21 heavy (non-hydrogen) atoms. The zero-order valence-corrected chi connectivity index (χ0v) is 14.1. The summed E-state index contributed by atoms with van der Waals surface area (Å²) in [5.74, 6) is 1.10. The summed E-state index contributed by atoms with van der Waals surface area (Å²) < 4.78 is 0. The molecule has 116 valence electrons. The predicted octanol–water partition coefficient (Wildman–Crippen LogP) is 1.62. The maximum atomic E-state index is 12.8. The van der Waals surface area contributed by atoms with Crippen molar-refractivity contribution < 1.29 is 9.69 Å². The highest BCUT2D eigenvalue weighted by atomic mass is 32.1. The molecule has 0 spiro atoms. The molecule has 1 aliphatic carbocycles. The van der Waals surface area contributed by atoms with Gasteiger partial charge in [0, 0.05) is 17.8 Å². The van der Waals surface area contributed by atoms with Crippen LogP contribution in [-0.4, -0.2) is 44.0 Å². The summed E-state index contributed by atoms with van der Waals surface area (Å²) in [6.45, 7) is 6.38. The van der Waals surface area contributed by atoms with Crippen LogP contribution in [0.15, 0.2) is 6.07 Å². The van der Waals surface area contributed by atoms with Crippen LogP contribution in [0.4, 0.5) is 0 Å². The van der Waals surface area contributed by atoms with Gasteiger partial charge in [-0.1, -0.05) is 13.3 Å². The fourth-order valence-electron chi connectivity index (χ4n) is 3.55. The summed E-state index contributed by atoms with van der Waals surface area (Å²) in [5, 5.41) is 0. The number of aryl methyl sites for hydroxylation is 1. The van der Waals surface area contributed by atoms with E-state index in [4.69, 9.17) is 0 Å². The van der Waals surface area contributed by atoms with Crippen molar-refractivity contribution in [3.05, 3.63) is 21.4 Å². The van der Waals surface area contributed by atoms with Crippen LogP contribution >= 0.6 is 11.3 Å². The molecule has 2 heterocycles. The number of fused-ring (bicyclic) bond motifs is 1. The van der Waals surface area contributed by atoms with Gasteiger partial charge in [-0.3, -0.25) is 4.79 Å². The van der Waals surface area contributed by atoms with E-state index < -0.39 is 0 Å². The maximum Gasteiger partial charge on any atom is 0.264 e. The molecule has 0 bridgehead atoms. The van der Waals surface area contributed by atoms with E-state index in [9.17, 15) is 4.79 Å². The van der Waals surface area contributed by atoms with Gasteiger partial charge in [0.05, 0.1) is 31.6 Å². The molecular formula is C17H27N2OS+. The Kier molecular flexibility index (Phi) is 4.65. The van der Waals surface area contributed by atoms with Crippen molar-refractivity contribution in [1.29, 1.82) is 0 Å². The number of nitrogens with one attached hydrogen (secondary N) is 1. The van der Waals surface area contributed by atoms with Crippen LogP contribution in [0, 0.1) is 5.92 Å². The number of hydrogen-bond acceptors (Lipinski definition) is 2. The summed E-state index contributed by atoms with van der Waals surface area (Å²) in [5.41, 5.74) is 1.46. The molecule has 2 atom stereocenters. The standard InChI is InChI=1S/C17H26N2OS/c1-3-13-5-6-15-14(11-13)12-16(21-15)17(20)19-8-4-7-18(2)9-10-19/h12-13H,3-11H2,1-2H3/p+1/t13-/m1/s1. The van der Waals surface area contributed by atoms with E-state index in [1.54, 1.807) is 16.2 Å². The van der Waals surface area contributed by atoms with Crippen molar-refractivity contribution in [3.63, 3.8) is 0 Å². The molecule has 3 nitrogen and oxygen atoms in total. The molecule has 3 rings (SSSR count). The van der Waals surface area contributed by atoms with E-state index in [2.05, 4.69) is 24.9 Å². The highest BCUT2D eigenvalue weighted by Crippen LogP contribution is 2.34. The first kappa shape index (κ1) is 15.0. The molecule has 1 fully saturated rings. The Morgan fingerprint density at radius 1 is 1.43 bits per heavy atom. The number of thiophene rings is 1. The SMILES string of the molecule is CC[C@@H]1CCc2sc(C(=O)N3CCC[NH+](C)CC3)cc2C1. The monoisotopic (exact) mass is 307 g/mol.